The molecule has 2 amide bonds. The van der Waals surface area contributed by atoms with E-state index in [4.69, 9.17) is 29.9 Å². The minimum atomic E-state index is -0.207. The van der Waals surface area contributed by atoms with Crippen LogP contribution in [0, 0.1) is 0 Å². The lowest BCUT2D eigenvalue weighted by Gasteiger charge is -2.22. The number of carbonyl (C=O) groups is 1. The Bertz CT molecular complexity index is 904. The number of urea groups is 1. The van der Waals surface area contributed by atoms with Crippen molar-refractivity contribution in [2.45, 2.75) is 19.5 Å². The summed E-state index contributed by atoms with van der Waals surface area (Å²) < 4.78 is 21.9. The number of nitrogens with zero attached hydrogens (tertiary/aromatic N) is 1. The molecule has 2 aromatic heterocycles. The van der Waals surface area contributed by atoms with Gasteiger partial charge in [0.2, 0.25) is 0 Å². The summed E-state index contributed by atoms with van der Waals surface area (Å²) in [5.74, 6) is 2.62. The molecule has 4 rings (SSSR count). The summed E-state index contributed by atoms with van der Waals surface area (Å²) >= 11 is 6.28. The normalized spacial score (nSPS) is 12.6. The van der Waals surface area contributed by atoms with Crippen LogP contribution >= 0.6 is 11.6 Å². The fraction of sp³-hybridized carbons (Fsp3) is 0.286. The van der Waals surface area contributed by atoms with Gasteiger partial charge in [-0.15, -0.1) is 0 Å². The smallest absolute Gasteiger partial charge is 0.318 e. The van der Waals surface area contributed by atoms with Crippen molar-refractivity contribution < 1.29 is 23.1 Å². The van der Waals surface area contributed by atoms with Crippen molar-refractivity contribution in [1.29, 1.82) is 0 Å². The van der Waals surface area contributed by atoms with E-state index in [0.29, 0.717) is 67.3 Å². The van der Waals surface area contributed by atoms with Crippen LogP contribution in [-0.2, 0) is 19.5 Å². The third-order valence-corrected chi connectivity index (χ3v) is 4.77. The van der Waals surface area contributed by atoms with Crippen LogP contribution in [0.5, 0.6) is 11.5 Å². The van der Waals surface area contributed by atoms with Crippen LogP contribution in [0.25, 0.3) is 0 Å². The number of fused-ring (bicyclic) bond motifs is 1. The van der Waals surface area contributed by atoms with Crippen molar-refractivity contribution >= 4 is 17.6 Å². The molecule has 0 spiro atoms. The van der Waals surface area contributed by atoms with E-state index >= 15 is 0 Å². The van der Waals surface area contributed by atoms with Crippen molar-refractivity contribution in [1.82, 2.24) is 10.2 Å². The average Bonchev–Trinajstić information content (AvgIpc) is 3.42. The van der Waals surface area contributed by atoms with Gasteiger partial charge in [0.05, 0.1) is 30.6 Å². The second-order valence-electron chi connectivity index (χ2n) is 6.60. The van der Waals surface area contributed by atoms with Gasteiger partial charge in [-0.25, -0.2) is 4.79 Å². The highest BCUT2D eigenvalue weighted by Crippen LogP contribution is 2.38. The van der Waals surface area contributed by atoms with Crippen molar-refractivity contribution in [3.05, 3.63) is 71.0 Å². The maximum atomic E-state index is 12.7. The number of halogens is 1. The van der Waals surface area contributed by atoms with E-state index in [1.807, 2.05) is 24.3 Å². The van der Waals surface area contributed by atoms with Crippen LogP contribution in [0.4, 0.5) is 4.79 Å². The Morgan fingerprint density at radius 1 is 1.03 bits per heavy atom. The van der Waals surface area contributed by atoms with Crippen molar-refractivity contribution in [3.8, 4) is 11.5 Å². The minimum absolute atomic E-state index is 0.207. The first-order valence-electron chi connectivity index (χ1n) is 9.34. The van der Waals surface area contributed by atoms with E-state index < -0.39 is 0 Å². The fourth-order valence-electron chi connectivity index (χ4n) is 3.11. The number of hydrogen-bond acceptors (Lipinski definition) is 5. The summed E-state index contributed by atoms with van der Waals surface area (Å²) in [7, 11) is 0. The second-order valence-corrected chi connectivity index (χ2v) is 7.01. The Kier molecular flexibility index (Phi) is 5.95. The van der Waals surface area contributed by atoms with Crippen molar-refractivity contribution in [2.24, 2.45) is 0 Å². The molecule has 0 saturated carbocycles. The Balaban J connectivity index is 1.37. The first kappa shape index (κ1) is 19.3. The fourth-order valence-corrected chi connectivity index (χ4v) is 3.40. The molecule has 7 nitrogen and oxygen atoms in total. The van der Waals surface area contributed by atoms with Crippen molar-refractivity contribution in [3.63, 3.8) is 0 Å². The van der Waals surface area contributed by atoms with Crippen molar-refractivity contribution in [2.75, 3.05) is 19.8 Å². The van der Waals surface area contributed by atoms with Crippen LogP contribution in [0.3, 0.4) is 0 Å². The maximum absolute atomic E-state index is 12.7. The standard InChI is InChI=1S/C21H21ClN2O5/c22-18-11-15(12-19-20(18)29-10-9-28-19)5-6-23-21(25)24(13-16-3-1-7-26-16)14-17-4-2-8-27-17/h1-4,7-8,11-12H,5-6,9-10,13-14H2,(H,23,25). The molecule has 1 N–H and O–H groups in total. The van der Waals surface area contributed by atoms with E-state index in [2.05, 4.69) is 5.32 Å². The number of ether oxygens (including phenoxy) is 2. The van der Waals surface area contributed by atoms with Gasteiger partial charge in [0.25, 0.3) is 0 Å². The van der Waals surface area contributed by atoms with Gasteiger partial charge in [-0.1, -0.05) is 11.6 Å². The van der Waals surface area contributed by atoms with E-state index in [0.717, 1.165) is 5.56 Å². The van der Waals surface area contributed by atoms with Gasteiger partial charge in [-0.2, -0.15) is 0 Å². The van der Waals surface area contributed by atoms with Crippen LogP contribution in [0.15, 0.2) is 57.8 Å². The third-order valence-electron chi connectivity index (χ3n) is 4.49. The van der Waals surface area contributed by atoms with Crippen LogP contribution in [-0.4, -0.2) is 30.7 Å². The summed E-state index contributed by atoms with van der Waals surface area (Å²) in [4.78, 5) is 14.4. The molecular formula is C21H21ClN2O5. The van der Waals surface area contributed by atoms with E-state index in [1.54, 1.807) is 29.6 Å². The number of hydrogen-bond donors (Lipinski definition) is 1. The predicted octanol–water partition coefficient (Wildman–Crippen LogP) is 4.25. The molecule has 1 aliphatic heterocycles. The van der Waals surface area contributed by atoms with E-state index in [9.17, 15) is 4.79 Å². The summed E-state index contributed by atoms with van der Waals surface area (Å²) in [6, 6.07) is 10.8. The zero-order valence-electron chi connectivity index (χ0n) is 15.7. The quantitative estimate of drug-likeness (QED) is 0.623. The molecule has 0 radical (unpaired) electrons. The molecule has 0 bridgehead atoms. The zero-order valence-corrected chi connectivity index (χ0v) is 16.5. The number of carbonyl (C=O) groups excluding carboxylic acids is 1. The van der Waals surface area contributed by atoms with Gasteiger partial charge in [0, 0.05) is 6.54 Å². The molecule has 8 heteroatoms. The molecule has 3 aromatic rings. The van der Waals surface area contributed by atoms with Crippen LogP contribution in [0.1, 0.15) is 17.1 Å². The SMILES string of the molecule is O=C(NCCc1cc(Cl)c2c(c1)OCCO2)N(Cc1ccco1)Cc1ccco1. The monoisotopic (exact) mass is 416 g/mol. The largest absolute Gasteiger partial charge is 0.486 e. The summed E-state index contributed by atoms with van der Waals surface area (Å²) in [6.45, 7) is 2.12. The molecule has 1 aliphatic rings. The molecule has 152 valence electrons. The molecule has 0 fully saturated rings. The van der Waals surface area contributed by atoms with Gasteiger partial charge in [0.1, 0.15) is 24.7 Å². The Labute approximate surface area is 173 Å². The third kappa shape index (κ3) is 4.86. The Morgan fingerprint density at radius 2 is 1.72 bits per heavy atom. The molecule has 3 heterocycles. The molecular weight excluding hydrogens is 396 g/mol. The maximum Gasteiger partial charge on any atom is 0.318 e. The number of furan rings is 2. The van der Waals surface area contributed by atoms with Crippen LogP contribution in [0.2, 0.25) is 5.02 Å². The molecule has 1 aromatic carbocycles. The highest BCUT2D eigenvalue weighted by Gasteiger charge is 2.18. The van der Waals surface area contributed by atoms with Crippen LogP contribution < -0.4 is 14.8 Å². The van der Waals surface area contributed by atoms with E-state index in [-0.39, 0.29) is 6.03 Å². The van der Waals surface area contributed by atoms with Gasteiger partial charge in [-0.3, -0.25) is 0 Å². The average molecular weight is 417 g/mol. The highest BCUT2D eigenvalue weighted by atomic mass is 35.5. The Hall–Kier alpha value is -3.06. The lowest BCUT2D eigenvalue weighted by atomic mass is 10.1. The number of benzene rings is 1. The zero-order chi connectivity index (χ0) is 20.1. The van der Waals surface area contributed by atoms with Gasteiger partial charge in [0.15, 0.2) is 11.5 Å². The van der Waals surface area contributed by atoms with Gasteiger partial charge < -0.3 is 28.5 Å². The summed E-state index contributed by atoms with van der Waals surface area (Å²) in [5.41, 5.74) is 0.961. The molecule has 0 saturated heterocycles. The second kappa shape index (κ2) is 8.96. The van der Waals surface area contributed by atoms with E-state index in [1.165, 1.54) is 0 Å². The van der Waals surface area contributed by atoms with Gasteiger partial charge >= 0.3 is 6.03 Å². The topological polar surface area (TPSA) is 77.1 Å². The Morgan fingerprint density at radius 3 is 2.38 bits per heavy atom. The first-order valence-corrected chi connectivity index (χ1v) is 9.72. The number of amides is 2. The molecule has 0 unspecified atom stereocenters. The lowest BCUT2D eigenvalue weighted by Crippen LogP contribution is -2.39. The molecule has 0 aliphatic carbocycles. The number of rotatable bonds is 7. The van der Waals surface area contributed by atoms with Gasteiger partial charge in [-0.05, 0) is 48.4 Å². The minimum Gasteiger partial charge on any atom is -0.486 e. The number of nitrogens with one attached hydrogen (secondary N) is 1. The summed E-state index contributed by atoms with van der Waals surface area (Å²) in [6.07, 6.45) is 3.78. The molecule has 29 heavy (non-hydrogen) atoms. The molecule has 0 atom stereocenters. The lowest BCUT2D eigenvalue weighted by molar-refractivity contribution is 0.171. The highest BCUT2D eigenvalue weighted by molar-refractivity contribution is 6.32. The predicted molar refractivity (Wildman–Crippen MR) is 106 cm³/mol. The first-order chi connectivity index (χ1) is 14.2. The summed E-state index contributed by atoms with van der Waals surface area (Å²) in [5, 5.41) is 3.46.